The van der Waals surface area contributed by atoms with Crippen molar-refractivity contribution in [3.63, 3.8) is 0 Å². The van der Waals surface area contributed by atoms with Gasteiger partial charge in [-0.3, -0.25) is 9.78 Å². The van der Waals surface area contributed by atoms with Gasteiger partial charge in [0.25, 0.3) is 0 Å². The second kappa shape index (κ2) is 4.43. The third-order valence-electron chi connectivity index (χ3n) is 2.22. The molecule has 1 aromatic rings. The Bertz CT molecular complexity index is 327. The van der Waals surface area contributed by atoms with Crippen molar-refractivity contribution in [2.24, 2.45) is 5.41 Å². The Hall–Kier alpha value is -1.38. The SMILES string of the molecule is CC(C)(C)CC(C(=O)O)c1ccncc1. The Morgan fingerprint density at radius 2 is 1.93 bits per heavy atom. The van der Waals surface area contributed by atoms with E-state index in [2.05, 4.69) is 4.98 Å². The predicted molar refractivity (Wildman–Crippen MR) is 58.7 cm³/mol. The van der Waals surface area contributed by atoms with Crippen LogP contribution in [0.3, 0.4) is 0 Å². The van der Waals surface area contributed by atoms with Crippen molar-refractivity contribution in [2.75, 3.05) is 0 Å². The predicted octanol–water partition coefficient (Wildman–Crippen LogP) is 2.69. The Labute approximate surface area is 90.2 Å². The van der Waals surface area contributed by atoms with Gasteiger partial charge in [0.2, 0.25) is 0 Å². The molecule has 1 atom stereocenters. The van der Waals surface area contributed by atoms with Crippen molar-refractivity contribution in [1.29, 1.82) is 0 Å². The summed E-state index contributed by atoms with van der Waals surface area (Å²) >= 11 is 0. The summed E-state index contributed by atoms with van der Waals surface area (Å²) in [4.78, 5) is 15.0. The van der Waals surface area contributed by atoms with E-state index in [1.165, 1.54) is 0 Å². The van der Waals surface area contributed by atoms with E-state index >= 15 is 0 Å². The summed E-state index contributed by atoms with van der Waals surface area (Å²) in [6, 6.07) is 3.54. The Morgan fingerprint density at radius 3 is 2.33 bits per heavy atom. The number of hydrogen-bond donors (Lipinski definition) is 1. The molecule has 1 aromatic heterocycles. The maximum atomic E-state index is 11.2. The number of aliphatic carboxylic acids is 1. The molecule has 0 aromatic carbocycles. The van der Waals surface area contributed by atoms with Crippen LogP contribution < -0.4 is 0 Å². The molecule has 15 heavy (non-hydrogen) atoms. The maximum absolute atomic E-state index is 11.2. The number of carboxylic acids is 1. The summed E-state index contributed by atoms with van der Waals surface area (Å²) in [6.45, 7) is 6.14. The Balaban J connectivity index is 2.90. The molecule has 1 unspecified atom stereocenters. The molecule has 0 saturated heterocycles. The molecular formula is C12H17NO2. The Kier molecular flexibility index (Phi) is 3.45. The van der Waals surface area contributed by atoms with Crippen LogP contribution in [-0.2, 0) is 4.79 Å². The standard InChI is InChI=1S/C12H17NO2/c1-12(2,3)8-10(11(14)15)9-4-6-13-7-5-9/h4-7,10H,8H2,1-3H3,(H,14,15). The second-order valence-corrected chi connectivity index (χ2v) is 4.94. The van der Waals surface area contributed by atoms with E-state index in [0.29, 0.717) is 6.42 Å². The zero-order chi connectivity index (χ0) is 11.5. The second-order valence-electron chi connectivity index (χ2n) is 4.94. The van der Waals surface area contributed by atoms with E-state index in [-0.39, 0.29) is 5.41 Å². The van der Waals surface area contributed by atoms with Gasteiger partial charge in [-0.2, -0.15) is 0 Å². The monoisotopic (exact) mass is 207 g/mol. The lowest BCUT2D eigenvalue weighted by molar-refractivity contribution is -0.139. The molecule has 0 bridgehead atoms. The number of hydrogen-bond acceptors (Lipinski definition) is 2. The minimum absolute atomic E-state index is 0.00628. The van der Waals surface area contributed by atoms with Gasteiger partial charge in [0, 0.05) is 12.4 Å². The lowest BCUT2D eigenvalue weighted by Crippen LogP contribution is -2.19. The van der Waals surface area contributed by atoms with Crippen LogP contribution in [0.2, 0.25) is 0 Å². The van der Waals surface area contributed by atoms with Gasteiger partial charge >= 0.3 is 5.97 Å². The van der Waals surface area contributed by atoms with Crippen LogP contribution in [-0.4, -0.2) is 16.1 Å². The normalized spacial score (nSPS) is 13.5. The average Bonchev–Trinajstić information content (AvgIpc) is 2.14. The van der Waals surface area contributed by atoms with Gasteiger partial charge in [0.05, 0.1) is 5.92 Å². The van der Waals surface area contributed by atoms with Gasteiger partial charge in [0.1, 0.15) is 0 Å². The topological polar surface area (TPSA) is 50.2 Å². The number of aromatic nitrogens is 1. The van der Waals surface area contributed by atoms with E-state index in [1.54, 1.807) is 24.5 Å². The van der Waals surface area contributed by atoms with Gasteiger partial charge < -0.3 is 5.11 Å². The molecule has 0 spiro atoms. The van der Waals surface area contributed by atoms with Gasteiger partial charge in [-0.25, -0.2) is 0 Å². The number of nitrogens with zero attached hydrogens (tertiary/aromatic N) is 1. The Morgan fingerprint density at radius 1 is 1.40 bits per heavy atom. The zero-order valence-electron chi connectivity index (χ0n) is 9.40. The molecule has 0 radical (unpaired) electrons. The van der Waals surface area contributed by atoms with E-state index in [1.807, 2.05) is 20.8 Å². The molecular weight excluding hydrogens is 190 g/mol. The number of pyridine rings is 1. The van der Waals surface area contributed by atoms with Crippen molar-refractivity contribution in [2.45, 2.75) is 33.1 Å². The molecule has 0 fully saturated rings. The van der Waals surface area contributed by atoms with Crippen LogP contribution in [0.25, 0.3) is 0 Å². The number of carboxylic acid groups (broad SMARTS) is 1. The van der Waals surface area contributed by atoms with Gasteiger partial charge in [-0.1, -0.05) is 20.8 Å². The first-order valence-corrected chi connectivity index (χ1v) is 5.03. The summed E-state index contributed by atoms with van der Waals surface area (Å²) in [7, 11) is 0. The zero-order valence-corrected chi connectivity index (χ0v) is 9.40. The molecule has 0 saturated carbocycles. The fraction of sp³-hybridized carbons (Fsp3) is 0.500. The molecule has 0 amide bonds. The molecule has 3 nitrogen and oxygen atoms in total. The quantitative estimate of drug-likeness (QED) is 0.829. The highest BCUT2D eigenvalue weighted by atomic mass is 16.4. The molecule has 82 valence electrons. The molecule has 1 rings (SSSR count). The van der Waals surface area contributed by atoms with E-state index in [4.69, 9.17) is 5.11 Å². The van der Waals surface area contributed by atoms with E-state index in [9.17, 15) is 4.79 Å². The third kappa shape index (κ3) is 3.70. The van der Waals surface area contributed by atoms with Crippen LogP contribution in [0.5, 0.6) is 0 Å². The summed E-state index contributed by atoms with van der Waals surface area (Å²) in [6.07, 6.45) is 3.90. The minimum Gasteiger partial charge on any atom is -0.481 e. The van der Waals surface area contributed by atoms with Crippen molar-refractivity contribution in [3.8, 4) is 0 Å². The van der Waals surface area contributed by atoms with Crippen molar-refractivity contribution in [3.05, 3.63) is 30.1 Å². The van der Waals surface area contributed by atoms with Crippen LogP contribution >= 0.6 is 0 Å². The number of rotatable bonds is 3. The molecule has 1 N–H and O–H groups in total. The van der Waals surface area contributed by atoms with Crippen molar-refractivity contribution >= 4 is 5.97 Å². The van der Waals surface area contributed by atoms with E-state index in [0.717, 1.165) is 5.56 Å². The van der Waals surface area contributed by atoms with Crippen molar-refractivity contribution in [1.82, 2.24) is 4.98 Å². The highest BCUT2D eigenvalue weighted by Gasteiger charge is 2.25. The molecule has 0 aliphatic heterocycles. The average molecular weight is 207 g/mol. The van der Waals surface area contributed by atoms with Crippen LogP contribution in [0.4, 0.5) is 0 Å². The third-order valence-corrected chi connectivity index (χ3v) is 2.22. The maximum Gasteiger partial charge on any atom is 0.310 e. The smallest absolute Gasteiger partial charge is 0.310 e. The fourth-order valence-corrected chi connectivity index (χ4v) is 1.56. The first-order valence-electron chi connectivity index (χ1n) is 5.03. The lowest BCUT2D eigenvalue weighted by atomic mass is 9.82. The van der Waals surface area contributed by atoms with Gasteiger partial charge in [0.15, 0.2) is 0 Å². The fourth-order valence-electron chi connectivity index (χ4n) is 1.56. The highest BCUT2D eigenvalue weighted by molar-refractivity contribution is 5.76. The summed E-state index contributed by atoms with van der Waals surface area (Å²) in [5, 5.41) is 9.17. The van der Waals surface area contributed by atoms with Crippen molar-refractivity contribution < 1.29 is 9.90 Å². The van der Waals surface area contributed by atoms with Gasteiger partial charge in [-0.15, -0.1) is 0 Å². The first-order chi connectivity index (χ1) is 6.90. The summed E-state index contributed by atoms with van der Waals surface area (Å²) in [5.74, 6) is -1.20. The largest absolute Gasteiger partial charge is 0.481 e. The van der Waals surface area contributed by atoms with Crippen LogP contribution in [0.1, 0.15) is 38.7 Å². The lowest BCUT2D eigenvalue weighted by Gasteiger charge is -2.23. The minimum atomic E-state index is -0.767. The van der Waals surface area contributed by atoms with E-state index < -0.39 is 11.9 Å². The molecule has 0 aliphatic carbocycles. The van der Waals surface area contributed by atoms with Crippen LogP contribution in [0, 0.1) is 5.41 Å². The first kappa shape index (κ1) is 11.7. The highest BCUT2D eigenvalue weighted by Crippen LogP contribution is 2.30. The number of carbonyl (C=O) groups is 1. The summed E-state index contributed by atoms with van der Waals surface area (Å²) < 4.78 is 0. The molecule has 3 heteroatoms. The molecule has 1 heterocycles. The molecule has 0 aliphatic rings. The summed E-state index contributed by atoms with van der Waals surface area (Å²) in [5.41, 5.74) is 0.833. The van der Waals surface area contributed by atoms with Gasteiger partial charge in [-0.05, 0) is 29.5 Å². The van der Waals surface area contributed by atoms with Crippen LogP contribution in [0.15, 0.2) is 24.5 Å².